The third-order valence-corrected chi connectivity index (χ3v) is 4.25. The quantitative estimate of drug-likeness (QED) is 0.537. The highest BCUT2D eigenvalue weighted by Crippen LogP contribution is 2.33. The predicted octanol–water partition coefficient (Wildman–Crippen LogP) is 6.20. The van der Waals surface area contributed by atoms with Crippen LogP contribution in [0.5, 0.6) is 0 Å². The fourth-order valence-corrected chi connectivity index (χ4v) is 2.97. The topological polar surface area (TPSA) is 0 Å². The molecule has 3 rings (SSSR count). The van der Waals surface area contributed by atoms with Crippen molar-refractivity contribution in [3.63, 3.8) is 0 Å². The Balaban J connectivity index is 2.15. The largest absolute Gasteiger partial charge is 0.0612 e. The standard InChI is InChI=1S/C22H22/c1-4-20-21(18-12-8-16(2)9-13-18)6-5-7-22(20)19-14-10-17(3)11-15-19/h5-15H,4H2,1-3H3. The summed E-state index contributed by atoms with van der Waals surface area (Å²) >= 11 is 0. The summed E-state index contributed by atoms with van der Waals surface area (Å²) in [5.41, 5.74) is 9.33. The van der Waals surface area contributed by atoms with Gasteiger partial charge in [0, 0.05) is 0 Å². The number of benzene rings is 3. The average Bonchev–Trinajstić information content (AvgIpc) is 2.55. The van der Waals surface area contributed by atoms with Crippen LogP contribution in [0.1, 0.15) is 23.6 Å². The number of hydrogen-bond donors (Lipinski definition) is 0. The summed E-state index contributed by atoms with van der Waals surface area (Å²) in [5, 5.41) is 0. The van der Waals surface area contributed by atoms with E-state index in [-0.39, 0.29) is 0 Å². The molecule has 0 saturated carbocycles. The van der Waals surface area contributed by atoms with Crippen molar-refractivity contribution < 1.29 is 0 Å². The molecule has 110 valence electrons. The van der Waals surface area contributed by atoms with Crippen LogP contribution < -0.4 is 0 Å². The Morgan fingerprint density at radius 2 is 1.00 bits per heavy atom. The second-order valence-electron chi connectivity index (χ2n) is 5.92. The van der Waals surface area contributed by atoms with Crippen LogP contribution in [0.3, 0.4) is 0 Å². The molecule has 0 atom stereocenters. The van der Waals surface area contributed by atoms with E-state index in [9.17, 15) is 0 Å². The van der Waals surface area contributed by atoms with Crippen molar-refractivity contribution in [2.75, 3.05) is 0 Å². The molecule has 0 N–H and O–H groups in total. The zero-order valence-corrected chi connectivity index (χ0v) is 13.6. The fraction of sp³-hybridized carbons (Fsp3) is 0.182. The Kier molecular flexibility index (Phi) is 4.11. The summed E-state index contributed by atoms with van der Waals surface area (Å²) < 4.78 is 0. The molecule has 3 aromatic carbocycles. The van der Waals surface area contributed by atoms with Crippen molar-refractivity contribution in [1.29, 1.82) is 0 Å². The smallest absolute Gasteiger partial charge is 0.0146 e. The van der Waals surface area contributed by atoms with Crippen LogP contribution in [-0.4, -0.2) is 0 Å². The van der Waals surface area contributed by atoms with Crippen LogP contribution >= 0.6 is 0 Å². The Labute approximate surface area is 133 Å². The van der Waals surface area contributed by atoms with Crippen LogP contribution in [0, 0.1) is 13.8 Å². The fourth-order valence-electron chi connectivity index (χ4n) is 2.97. The molecule has 22 heavy (non-hydrogen) atoms. The first-order valence-electron chi connectivity index (χ1n) is 7.95. The summed E-state index contributed by atoms with van der Waals surface area (Å²) in [6, 6.07) is 24.3. The molecule has 0 spiro atoms. The zero-order chi connectivity index (χ0) is 15.5. The number of rotatable bonds is 3. The van der Waals surface area contributed by atoms with Gasteiger partial charge in [-0.05, 0) is 48.1 Å². The van der Waals surface area contributed by atoms with E-state index in [0.29, 0.717) is 0 Å². The molecule has 0 aliphatic rings. The van der Waals surface area contributed by atoms with Gasteiger partial charge in [0.25, 0.3) is 0 Å². The van der Waals surface area contributed by atoms with Crippen LogP contribution in [0.25, 0.3) is 22.3 Å². The van der Waals surface area contributed by atoms with Gasteiger partial charge in [-0.25, -0.2) is 0 Å². The molecule has 3 aromatic rings. The first-order valence-corrected chi connectivity index (χ1v) is 7.95. The van der Waals surface area contributed by atoms with E-state index in [1.807, 2.05) is 0 Å². The van der Waals surface area contributed by atoms with E-state index in [4.69, 9.17) is 0 Å². The minimum atomic E-state index is 1.03. The molecule has 0 unspecified atom stereocenters. The summed E-state index contributed by atoms with van der Waals surface area (Å²) in [4.78, 5) is 0. The van der Waals surface area contributed by atoms with Crippen LogP contribution in [0.15, 0.2) is 66.7 Å². The molecule has 0 heteroatoms. The maximum Gasteiger partial charge on any atom is -0.0146 e. The lowest BCUT2D eigenvalue weighted by atomic mass is 9.90. The van der Waals surface area contributed by atoms with Crippen LogP contribution in [0.4, 0.5) is 0 Å². The van der Waals surface area contributed by atoms with Gasteiger partial charge >= 0.3 is 0 Å². The maximum atomic E-state index is 2.24. The van der Waals surface area contributed by atoms with Crippen LogP contribution in [-0.2, 0) is 6.42 Å². The first-order chi connectivity index (χ1) is 10.7. The van der Waals surface area contributed by atoms with Gasteiger partial charge in [-0.2, -0.15) is 0 Å². The van der Waals surface area contributed by atoms with Crippen molar-refractivity contribution in [1.82, 2.24) is 0 Å². The van der Waals surface area contributed by atoms with Gasteiger partial charge in [-0.3, -0.25) is 0 Å². The van der Waals surface area contributed by atoms with E-state index in [1.54, 1.807) is 0 Å². The van der Waals surface area contributed by atoms with Crippen molar-refractivity contribution in [2.45, 2.75) is 27.2 Å². The minimum absolute atomic E-state index is 1.03. The van der Waals surface area contributed by atoms with Gasteiger partial charge < -0.3 is 0 Å². The molecular weight excluding hydrogens is 264 g/mol. The molecule has 0 saturated heterocycles. The molecule has 0 heterocycles. The lowest BCUT2D eigenvalue weighted by Crippen LogP contribution is -1.93. The molecule has 0 aromatic heterocycles. The molecule has 0 fully saturated rings. The highest BCUT2D eigenvalue weighted by atomic mass is 14.1. The van der Waals surface area contributed by atoms with Gasteiger partial charge in [0.2, 0.25) is 0 Å². The highest BCUT2D eigenvalue weighted by molar-refractivity contribution is 5.78. The van der Waals surface area contributed by atoms with Crippen molar-refractivity contribution in [3.8, 4) is 22.3 Å². The summed E-state index contributed by atoms with van der Waals surface area (Å²) in [7, 11) is 0. The van der Waals surface area contributed by atoms with Gasteiger partial charge in [-0.1, -0.05) is 84.8 Å². The molecule has 0 radical (unpaired) electrons. The van der Waals surface area contributed by atoms with Crippen LogP contribution in [0.2, 0.25) is 0 Å². The third-order valence-electron chi connectivity index (χ3n) is 4.25. The van der Waals surface area contributed by atoms with E-state index in [1.165, 1.54) is 38.9 Å². The first kappa shape index (κ1) is 14.6. The minimum Gasteiger partial charge on any atom is -0.0612 e. The summed E-state index contributed by atoms with van der Waals surface area (Å²) in [6.07, 6.45) is 1.03. The molecule has 0 aliphatic carbocycles. The molecule has 0 amide bonds. The van der Waals surface area contributed by atoms with E-state index < -0.39 is 0 Å². The third kappa shape index (κ3) is 2.82. The zero-order valence-electron chi connectivity index (χ0n) is 13.6. The summed E-state index contributed by atoms with van der Waals surface area (Å²) in [6.45, 7) is 6.51. The highest BCUT2D eigenvalue weighted by Gasteiger charge is 2.10. The Morgan fingerprint density at radius 3 is 1.36 bits per heavy atom. The molecule has 0 aliphatic heterocycles. The van der Waals surface area contributed by atoms with Gasteiger partial charge in [-0.15, -0.1) is 0 Å². The maximum absolute atomic E-state index is 2.24. The van der Waals surface area contributed by atoms with Crippen molar-refractivity contribution in [2.24, 2.45) is 0 Å². The van der Waals surface area contributed by atoms with Gasteiger partial charge in [0.05, 0.1) is 0 Å². The monoisotopic (exact) mass is 286 g/mol. The predicted molar refractivity (Wildman–Crippen MR) is 96.2 cm³/mol. The molecular formula is C22H22. The number of aryl methyl sites for hydroxylation is 2. The molecule has 0 bridgehead atoms. The number of hydrogen-bond acceptors (Lipinski definition) is 0. The Hall–Kier alpha value is -2.34. The Morgan fingerprint density at radius 1 is 0.591 bits per heavy atom. The average molecular weight is 286 g/mol. The van der Waals surface area contributed by atoms with E-state index in [2.05, 4.69) is 87.5 Å². The SMILES string of the molecule is CCc1c(-c2ccc(C)cc2)cccc1-c1ccc(C)cc1. The lowest BCUT2D eigenvalue weighted by Gasteiger charge is -2.14. The molecule has 0 nitrogen and oxygen atoms in total. The lowest BCUT2D eigenvalue weighted by molar-refractivity contribution is 1.14. The Bertz CT molecular complexity index is 698. The van der Waals surface area contributed by atoms with Gasteiger partial charge in [0.15, 0.2) is 0 Å². The second kappa shape index (κ2) is 6.19. The van der Waals surface area contributed by atoms with Crippen molar-refractivity contribution in [3.05, 3.63) is 83.4 Å². The normalized spacial score (nSPS) is 10.7. The van der Waals surface area contributed by atoms with Gasteiger partial charge in [0.1, 0.15) is 0 Å². The van der Waals surface area contributed by atoms with E-state index in [0.717, 1.165) is 6.42 Å². The second-order valence-corrected chi connectivity index (χ2v) is 5.92. The summed E-state index contributed by atoms with van der Waals surface area (Å²) in [5.74, 6) is 0. The van der Waals surface area contributed by atoms with Crippen molar-refractivity contribution >= 4 is 0 Å². The van der Waals surface area contributed by atoms with E-state index >= 15 is 0 Å².